The van der Waals surface area contributed by atoms with Crippen molar-refractivity contribution < 1.29 is 0 Å². The van der Waals surface area contributed by atoms with Gasteiger partial charge in [-0.3, -0.25) is 14.8 Å². The Bertz CT molecular complexity index is 1530. The van der Waals surface area contributed by atoms with Gasteiger partial charge >= 0.3 is 5.69 Å². The summed E-state index contributed by atoms with van der Waals surface area (Å²) in [6, 6.07) is 16.0. The molecule has 0 fully saturated rings. The summed E-state index contributed by atoms with van der Waals surface area (Å²) in [5.41, 5.74) is 3.65. The average molecular weight is 457 g/mol. The number of hydrogen-bond donors (Lipinski definition) is 3. The smallest absolute Gasteiger partial charge is 0.318 e. The van der Waals surface area contributed by atoms with E-state index < -0.39 is 11.2 Å². The topological polar surface area (TPSA) is 138 Å². The number of H-pyrrole nitrogens is 3. The van der Waals surface area contributed by atoms with Gasteiger partial charge in [-0.1, -0.05) is 68.3 Å². The zero-order valence-corrected chi connectivity index (χ0v) is 18.7. The van der Waals surface area contributed by atoms with Crippen molar-refractivity contribution in [1.82, 2.24) is 40.1 Å². The van der Waals surface area contributed by atoms with Gasteiger partial charge in [0.2, 0.25) is 5.82 Å². The Morgan fingerprint density at radius 1 is 0.941 bits per heavy atom. The molecule has 2 aromatic carbocycles. The van der Waals surface area contributed by atoms with Crippen LogP contribution >= 0.6 is 0 Å². The largest absolute Gasteiger partial charge is 0.327 e. The number of benzene rings is 2. The first-order valence-corrected chi connectivity index (χ1v) is 11.3. The zero-order chi connectivity index (χ0) is 23.5. The molecule has 0 saturated carbocycles. The molecule has 10 heteroatoms. The molecule has 3 heterocycles. The summed E-state index contributed by atoms with van der Waals surface area (Å²) in [5.74, 6) is 1.33. The van der Waals surface area contributed by atoms with E-state index in [1.54, 1.807) is 0 Å². The van der Waals surface area contributed by atoms with Crippen LogP contribution in [0, 0.1) is 0 Å². The lowest BCUT2D eigenvalue weighted by Gasteiger charge is -2.11. The van der Waals surface area contributed by atoms with Gasteiger partial charge in [0.05, 0.1) is 0 Å². The molecule has 5 aromatic rings. The Morgan fingerprint density at radius 2 is 1.74 bits per heavy atom. The van der Waals surface area contributed by atoms with Crippen LogP contribution in [0.4, 0.5) is 0 Å². The lowest BCUT2D eigenvalue weighted by Crippen LogP contribution is -2.23. The average Bonchev–Trinajstić information content (AvgIpc) is 3.49. The molecule has 0 bridgehead atoms. The molecule has 3 N–H and O–H groups in total. The van der Waals surface area contributed by atoms with Crippen molar-refractivity contribution in [3.8, 4) is 22.5 Å². The Labute approximate surface area is 194 Å². The zero-order valence-electron chi connectivity index (χ0n) is 18.7. The second kappa shape index (κ2) is 9.26. The molecule has 0 amide bonds. The molecule has 0 saturated heterocycles. The number of fused-ring (bicyclic) bond motifs is 1. The van der Waals surface area contributed by atoms with E-state index in [2.05, 4.69) is 42.5 Å². The first-order valence-electron chi connectivity index (χ1n) is 11.3. The number of nitrogens with zero attached hydrogens (tertiary/aromatic N) is 5. The standard InChI is InChI=1S/C24H24N8O2/c1-2-3-4-9-19-25-22-20(23(33)27-24(34)26-22)32(19)14-15-10-12-16(13-11-15)17-7-5-6-8-18(17)21-28-30-31-29-21/h5-8,10-13H,2-4,9,14H2,1H3,(H2,26,27,33,34)(H,28,29,30,31). The van der Waals surface area contributed by atoms with Crippen molar-refractivity contribution in [2.75, 3.05) is 0 Å². The van der Waals surface area contributed by atoms with E-state index in [-0.39, 0.29) is 0 Å². The van der Waals surface area contributed by atoms with Crippen molar-refractivity contribution in [1.29, 1.82) is 0 Å². The highest BCUT2D eigenvalue weighted by Crippen LogP contribution is 2.30. The molecule has 10 nitrogen and oxygen atoms in total. The van der Waals surface area contributed by atoms with Gasteiger partial charge in [-0.25, -0.2) is 9.78 Å². The van der Waals surface area contributed by atoms with Crippen LogP contribution < -0.4 is 11.2 Å². The molecule has 0 radical (unpaired) electrons. The molecule has 0 spiro atoms. The first-order chi connectivity index (χ1) is 16.6. The highest BCUT2D eigenvalue weighted by molar-refractivity contribution is 5.80. The maximum atomic E-state index is 12.6. The Kier molecular flexibility index (Phi) is 5.86. The summed E-state index contributed by atoms with van der Waals surface area (Å²) >= 11 is 0. The van der Waals surface area contributed by atoms with Gasteiger partial charge in [0.25, 0.3) is 5.56 Å². The fourth-order valence-corrected chi connectivity index (χ4v) is 4.19. The number of tetrazole rings is 1. The van der Waals surface area contributed by atoms with Gasteiger partial charge in [0.1, 0.15) is 5.82 Å². The van der Waals surface area contributed by atoms with E-state index in [1.807, 2.05) is 53.1 Å². The lowest BCUT2D eigenvalue weighted by molar-refractivity contribution is 0.658. The summed E-state index contributed by atoms with van der Waals surface area (Å²) in [5, 5.41) is 14.4. The number of nitrogens with one attached hydrogen (secondary N) is 3. The van der Waals surface area contributed by atoms with E-state index >= 15 is 0 Å². The molecule has 0 aliphatic carbocycles. The molecule has 34 heavy (non-hydrogen) atoms. The van der Waals surface area contributed by atoms with Crippen molar-refractivity contribution >= 4 is 11.2 Å². The van der Waals surface area contributed by atoms with Crippen LogP contribution in [0.15, 0.2) is 58.1 Å². The van der Waals surface area contributed by atoms with E-state index in [0.29, 0.717) is 23.5 Å². The monoisotopic (exact) mass is 456 g/mol. The fourth-order valence-electron chi connectivity index (χ4n) is 4.19. The minimum Gasteiger partial charge on any atom is -0.318 e. The number of aryl methyl sites for hydroxylation is 1. The van der Waals surface area contributed by atoms with Crippen molar-refractivity contribution in [3.63, 3.8) is 0 Å². The quantitative estimate of drug-likeness (QED) is 0.307. The molecule has 0 unspecified atom stereocenters. The van der Waals surface area contributed by atoms with E-state index in [4.69, 9.17) is 0 Å². The van der Waals surface area contributed by atoms with Crippen LogP contribution in [0.5, 0.6) is 0 Å². The molecule has 3 aromatic heterocycles. The minimum absolute atomic E-state index is 0.325. The summed E-state index contributed by atoms with van der Waals surface area (Å²) in [6.45, 7) is 2.61. The normalized spacial score (nSPS) is 11.3. The molecule has 172 valence electrons. The number of imidazole rings is 1. The van der Waals surface area contributed by atoms with Crippen molar-refractivity contribution in [2.45, 2.75) is 39.2 Å². The number of aromatic amines is 3. The van der Waals surface area contributed by atoms with Crippen molar-refractivity contribution in [3.05, 3.63) is 80.8 Å². The van der Waals surface area contributed by atoms with E-state index in [1.165, 1.54) is 0 Å². The van der Waals surface area contributed by atoms with Gasteiger partial charge in [0, 0.05) is 18.5 Å². The highest BCUT2D eigenvalue weighted by Gasteiger charge is 2.16. The van der Waals surface area contributed by atoms with Crippen molar-refractivity contribution in [2.24, 2.45) is 0 Å². The van der Waals surface area contributed by atoms with Crippen LogP contribution in [0.25, 0.3) is 33.7 Å². The molecule has 0 aliphatic rings. The third kappa shape index (κ3) is 4.17. The molecular formula is C24H24N8O2. The van der Waals surface area contributed by atoms with Crippen LogP contribution in [-0.2, 0) is 13.0 Å². The van der Waals surface area contributed by atoms with Gasteiger partial charge in [0.15, 0.2) is 11.2 Å². The first kappa shape index (κ1) is 21.5. The number of hydrogen-bond acceptors (Lipinski definition) is 6. The van der Waals surface area contributed by atoms with Gasteiger partial charge in [-0.2, -0.15) is 5.21 Å². The summed E-state index contributed by atoms with van der Waals surface area (Å²) in [4.78, 5) is 33.9. The van der Waals surface area contributed by atoms with Gasteiger partial charge < -0.3 is 4.57 Å². The van der Waals surface area contributed by atoms with Crippen LogP contribution in [0.2, 0.25) is 0 Å². The fraction of sp³-hybridized carbons (Fsp3) is 0.250. The maximum absolute atomic E-state index is 12.6. The maximum Gasteiger partial charge on any atom is 0.327 e. The number of aromatic nitrogens is 8. The highest BCUT2D eigenvalue weighted by atomic mass is 16.2. The minimum atomic E-state index is -0.549. The summed E-state index contributed by atoms with van der Waals surface area (Å²) < 4.78 is 1.90. The number of rotatable bonds is 8. The van der Waals surface area contributed by atoms with Gasteiger partial charge in [-0.15, -0.1) is 10.2 Å². The second-order valence-electron chi connectivity index (χ2n) is 8.15. The Hall–Kier alpha value is -4.34. The predicted molar refractivity (Wildman–Crippen MR) is 128 cm³/mol. The summed E-state index contributed by atoms with van der Waals surface area (Å²) in [6.07, 6.45) is 3.86. The molecular weight excluding hydrogens is 432 g/mol. The lowest BCUT2D eigenvalue weighted by atomic mass is 9.98. The van der Waals surface area contributed by atoms with E-state index in [9.17, 15) is 9.59 Å². The third-order valence-corrected chi connectivity index (χ3v) is 5.84. The van der Waals surface area contributed by atoms with Crippen LogP contribution in [0.1, 0.15) is 37.6 Å². The molecule has 5 rings (SSSR count). The second-order valence-corrected chi connectivity index (χ2v) is 8.15. The van der Waals surface area contributed by atoms with Crippen LogP contribution in [-0.4, -0.2) is 40.1 Å². The van der Waals surface area contributed by atoms with E-state index in [0.717, 1.165) is 53.8 Å². The van der Waals surface area contributed by atoms with Crippen LogP contribution in [0.3, 0.4) is 0 Å². The summed E-state index contributed by atoms with van der Waals surface area (Å²) in [7, 11) is 0. The Morgan fingerprint density at radius 3 is 2.47 bits per heavy atom. The molecule has 0 aliphatic heterocycles. The molecule has 0 atom stereocenters. The SMILES string of the molecule is CCCCCc1nc2[nH]c(=O)[nH]c(=O)c2n1Cc1ccc(-c2ccccc2-c2nn[nH]n2)cc1. The number of unbranched alkanes of at least 4 members (excludes halogenated alkanes) is 2. The Balaban J connectivity index is 1.49. The predicted octanol–water partition coefficient (Wildman–Crippen LogP) is 3.04. The third-order valence-electron chi connectivity index (χ3n) is 5.84. The van der Waals surface area contributed by atoms with Gasteiger partial charge in [-0.05, 0) is 28.3 Å².